The summed E-state index contributed by atoms with van der Waals surface area (Å²) in [6.45, 7) is 1.72. The van der Waals surface area contributed by atoms with Crippen molar-refractivity contribution in [2.24, 2.45) is 0 Å². The smallest absolute Gasteiger partial charge is 0.190 e. The summed E-state index contributed by atoms with van der Waals surface area (Å²) in [7, 11) is 1.54. The van der Waals surface area contributed by atoms with E-state index < -0.39 is 0 Å². The normalized spacial score (nSPS) is 14.0. The Bertz CT molecular complexity index is 832. The predicted molar refractivity (Wildman–Crippen MR) is 92.2 cm³/mol. The summed E-state index contributed by atoms with van der Waals surface area (Å²) in [5, 5.41) is 0. The second-order valence-electron chi connectivity index (χ2n) is 5.48. The molecular weight excluding hydrogens is 356 g/mol. The largest absolute Gasteiger partial charge is 0.497 e. The second-order valence-corrected chi connectivity index (χ2v) is 6.39. The van der Waals surface area contributed by atoms with E-state index in [4.69, 9.17) is 4.74 Å². The van der Waals surface area contributed by atoms with Crippen molar-refractivity contribution in [2.45, 2.75) is 13.3 Å². The van der Waals surface area contributed by atoms with Crippen LogP contribution in [0.5, 0.6) is 5.75 Å². The van der Waals surface area contributed by atoms with E-state index in [1.54, 1.807) is 32.2 Å². The third kappa shape index (κ3) is 2.86. The van der Waals surface area contributed by atoms with Gasteiger partial charge in [0.05, 0.1) is 7.11 Å². The van der Waals surface area contributed by atoms with E-state index in [0.717, 1.165) is 10.0 Å². The van der Waals surface area contributed by atoms with Gasteiger partial charge in [-0.05, 0) is 42.8 Å². The highest BCUT2D eigenvalue weighted by atomic mass is 79.9. The lowest BCUT2D eigenvalue weighted by atomic mass is 9.82. The maximum Gasteiger partial charge on any atom is 0.190 e. The molecule has 1 aliphatic rings. The Balaban J connectivity index is 2.02. The highest BCUT2D eigenvalue weighted by Gasteiger charge is 2.30. The van der Waals surface area contributed by atoms with Crippen LogP contribution in [0.25, 0.3) is 0 Å². The number of benzene rings is 2. The monoisotopic (exact) mass is 370 g/mol. The predicted octanol–water partition coefficient (Wildman–Crippen LogP) is 4.40. The lowest BCUT2D eigenvalue weighted by Gasteiger charge is -2.19. The molecule has 0 unspecified atom stereocenters. The Morgan fingerprint density at radius 3 is 2.30 bits per heavy atom. The van der Waals surface area contributed by atoms with Crippen molar-refractivity contribution in [2.75, 3.05) is 7.11 Å². The summed E-state index contributed by atoms with van der Waals surface area (Å²) in [6.07, 6.45) is 0.454. The fourth-order valence-electron chi connectivity index (χ4n) is 2.73. The molecule has 0 atom stereocenters. The van der Waals surface area contributed by atoms with Gasteiger partial charge in [-0.15, -0.1) is 0 Å². The first-order valence-electron chi connectivity index (χ1n) is 7.23. The van der Waals surface area contributed by atoms with E-state index in [9.17, 15) is 9.59 Å². The SMILES string of the molecule is COc1ccc2c(c1)C(=O)C(C)=C(Cc1ccc(Br)cc1)C2=O. The fourth-order valence-corrected chi connectivity index (χ4v) is 2.99. The molecule has 0 N–H and O–H groups in total. The molecule has 3 nitrogen and oxygen atoms in total. The summed E-state index contributed by atoms with van der Waals surface area (Å²) in [6, 6.07) is 12.8. The van der Waals surface area contributed by atoms with Gasteiger partial charge in [-0.3, -0.25) is 9.59 Å². The number of rotatable bonds is 3. The molecule has 0 saturated heterocycles. The van der Waals surface area contributed by atoms with Crippen molar-refractivity contribution >= 4 is 27.5 Å². The summed E-state index contributed by atoms with van der Waals surface area (Å²) in [5.41, 5.74) is 2.95. The van der Waals surface area contributed by atoms with Crippen molar-refractivity contribution in [1.29, 1.82) is 0 Å². The molecule has 0 amide bonds. The molecule has 0 aliphatic heterocycles. The highest BCUT2D eigenvalue weighted by Crippen LogP contribution is 2.30. The van der Waals surface area contributed by atoms with Crippen molar-refractivity contribution in [3.05, 3.63) is 74.8 Å². The molecule has 0 saturated carbocycles. The number of fused-ring (bicyclic) bond motifs is 1. The molecule has 3 rings (SSSR count). The first-order valence-corrected chi connectivity index (χ1v) is 8.02. The molecule has 0 heterocycles. The molecule has 1 aliphatic carbocycles. The van der Waals surface area contributed by atoms with Crippen LogP contribution in [-0.2, 0) is 6.42 Å². The number of carbonyl (C=O) groups excluding carboxylic acids is 2. The molecule has 0 radical (unpaired) electrons. The Morgan fingerprint density at radius 2 is 1.65 bits per heavy atom. The quantitative estimate of drug-likeness (QED) is 0.804. The number of methoxy groups -OCH3 is 1. The van der Waals surface area contributed by atoms with Gasteiger partial charge in [0.2, 0.25) is 0 Å². The summed E-state index contributed by atoms with van der Waals surface area (Å²) < 4.78 is 6.13. The van der Waals surface area contributed by atoms with E-state index in [1.165, 1.54) is 0 Å². The molecule has 0 bridgehead atoms. The molecule has 0 fully saturated rings. The second kappa shape index (κ2) is 6.13. The van der Waals surface area contributed by atoms with Gasteiger partial charge in [0.15, 0.2) is 11.6 Å². The average Bonchev–Trinajstić information content (AvgIpc) is 2.58. The summed E-state index contributed by atoms with van der Waals surface area (Å²) in [5.74, 6) is 0.391. The average molecular weight is 371 g/mol. The zero-order valence-electron chi connectivity index (χ0n) is 12.9. The molecule has 0 spiro atoms. The Kier molecular flexibility index (Phi) is 4.18. The number of halogens is 1. The van der Waals surface area contributed by atoms with Crippen LogP contribution in [0.2, 0.25) is 0 Å². The minimum absolute atomic E-state index is 0.0809. The van der Waals surface area contributed by atoms with Crippen LogP contribution in [0.1, 0.15) is 33.2 Å². The van der Waals surface area contributed by atoms with Crippen LogP contribution in [-0.4, -0.2) is 18.7 Å². The van der Waals surface area contributed by atoms with Crippen molar-refractivity contribution in [3.8, 4) is 5.75 Å². The van der Waals surface area contributed by atoms with E-state index in [-0.39, 0.29) is 11.6 Å². The van der Waals surface area contributed by atoms with Crippen LogP contribution in [0.3, 0.4) is 0 Å². The lowest BCUT2D eigenvalue weighted by molar-refractivity contribution is 0.0972. The lowest BCUT2D eigenvalue weighted by Crippen LogP contribution is -2.22. The van der Waals surface area contributed by atoms with E-state index in [0.29, 0.717) is 34.4 Å². The number of hydrogen-bond donors (Lipinski definition) is 0. The molecular formula is C19H15BrO3. The summed E-state index contributed by atoms with van der Waals surface area (Å²) >= 11 is 3.39. The van der Waals surface area contributed by atoms with Gasteiger partial charge < -0.3 is 4.74 Å². The molecule has 2 aromatic rings. The van der Waals surface area contributed by atoms with Crippen molar-refractivity contribution in [3.63, 3.8) is 0 Å². The van der Waals surface area contributed by atoms with Crippen LogP contribution in [0.15, 0.2) is 58.1 Å². The third-order valence-corrected chi connectivity index (χ3v) is 4.61. The summed E-state index contributed by atoms with van der Waals surface area (Å²) in [4.78, 5) is 25.4. The van der Waals surface area contributed by atoms with E-state index in [2.05, 4.69) is 15.9 Å². The first kappa shape index (κ1) is 15.7. The maximum absolute atomic E-state index is 12.8. The van der Waals surface area contributed by atoms with Crippen molar-refractivity contribution in [1.82, 2.24) is 0 Å². The zero-order valence-corrected chi connectivity index (χ0v) is 14.4. The zero-order chi connectivity index (χ0) is 16.6. The van der Waals surface area contributed by atoms with E-state index in [1.807, 2.05) is 24.3 Å². The standard InChI is InChI=1S/C19H15BrO3/c1-11-16(9-12-3-5-13(20)6-4-12)19(22)15-8-7-14(23-2)10-17(15)18(11)21/h3-8,10H,9H2,1-2H3. The molecule has 116 valence electrons. The Hall–Kier alpha value is -2.20. The number of hydrogen-bond acceptors (Lipinski definition) is 3. The maximum atomic E-state index is 12.8. The Morgan fingerprint density at radius 1 is 0.957 bits per heavy atom. The molecule has 2 aromatic carbocycles. The van der Waals surface area contributed by atoms with Crippen molar-refractivity contribution < 1.29 is 14.3 Å². The van der Waals surface area contributed by atoms with Gasteiger partial charge in [-0.25, -0.2) is 0 Å². The number of carbonyl (C=O) groups is 2. The number of allylic oxidation sites excluding steroid dienone is 2. The van der Waals surface area contributed by atoms with Gasteiger partial charge in [0.25, 0.3) is 0 Å². The van der Waals surface area contributed by atoms with E-state index >= 15 is 0 Å². The first-order chi connectivity index (χ1) is 11.0. The van der Waals surface area contributed by atoms with Gasteiger partial charge in [0.1, 0.15) is 5.75 Å². The number of ether oxygens (including phenoxy) is 1. The molecule has 23 heavy (non-hydrogen) atoms. The third-order valence-electron chi connectivity index (χ3n) is 4.08. The van der Waals surface area contributed by atoms with Crippen LogP contribution in [0, 0.1) is 0 Å². The highest BCUT2D eigenvalue weighted by molar-refractivity contribution is 9.10. The van der Waals surface area contributed by atoms with Gasteiger partial charge in [-0.1, -0.05) is 28.1 Å². The molecule has 0 aromatic heterocycles. The van der Waals surface area contributed by atoms with Crippen LogP contribution in [0.4, 0.5) is 0 Å². The number of Topliss-reactive ketones (excluding diaryl/α,β-unsaturated/α-hetero) is 2. The fraction of sp³-hybridized carbons (Fsp3) is 0.158. The van der Waals surface area contributed by atoms with Crippen LogP contribution < -0.4 is 4.74 Å². The molecule has 4 heteroatoms. The van der Waals surface area contributed by atoms with Gasteiger partial charge in [0, 0.05) is 33.2 Å². The topological polar surface area (TPSA) is 43.4 Å². The minimum atomic E-state index is -0.106. The Labute approximate surface area is 143 Å². The van der Waals surface area contributed by atoms with Crippen LogP contribution >= 0.6 is 15.9 Å². The number of ketones is 2. The van der Waals surface area contributed by atoms with Gasteiger partial charge >= 0.3 is 0 Å². The van der Waals surface area contributed by atoms with Gasteiger partial charge in [-0.2, -0.15) is 0 Å². The minimum Gasteiger partial charge on any atom is -0.497 e.